The molecule has 2 heterocycles. The van der Waals surface area contributed by atoms with Crippen LogP contribution in [0.25, 0.3) is 0 Å². The quantitative estimate of drug-likeness (QED) is 0.690. The highest BCUT2D eigenvalue weighted by Crippen LogP contribution is 2.22. The maximum absolute atomic E-state index is 11.8. The molecule has 0 bridgehead atoms. The standard InChI is InChI=1S/C16H28N2O2S2/c1-3-5-7-16-17-14(12-21-16)11-18(9-6-4-2)15-8-10-22(19,20)13-15/h12,15H,3-11,13H2,1-2H3/t15-/m0/s1. The Morgan fingerprint density at radius 3 is 2.73 bits per heavy atom. The average molecular weight is 345 g/mol. The molecule has 4 nitrogen and oxygen atoms in total. The Morgan fingerprint density at radius 1 is 1.32 bits per heavy atom. The smallest absolute Gasteiger partial charge is 0.151 e. The van der Waals surface area contributed by atoms with E-state index in [1.54, 1.807) is 11.3 Å². The molecule has 1 aromatic heterocycles. The van der Waals surface area contributed by atoms with Gasteiger partial charge >= 0.3 is 0 Å². The van der Waals surface area contributed by atoms with Crippen molar-refractivity contribution in [1.82, 2.24) is 9.88 Å². The molecule has 1 aromatic rings. The average Bonchev–Trinajstić information content (AvgIpc) is 3.07. The first-order chi connectivity index (χ1) is 10.5. The Bertz CT molecular complexity index is 554. The van der Waals surface area contributed by atoms with Gasteiger partial charge in [-0.1, -0.05) is 26.7 Å². The van der Waals surface area contributed by atoms with Crippen LogP contribution in [0, 0.1) is 0 Å². The minimum Gasteiger partial charge on any atom is -0.293 e. The maximum atomic E-state index is 11.8. The summed E-state index contributed by atoms with van der Waals surface area (Å²) in [6.45, 7) is 6.14. The number of nitrogens with zero attached hydrogens (tertiary/aromatic N) is 2. The van der Waals surface area contributed by atoms with Crippen molar-refractivity contribution in [1.29, 1.82) is 0 Å². The van der Waals surface area contributed by atoms with Crippen LogP contribution in [0.3, 0.4) is 0 Å². The van der Waals surface area contributed by atoms with Crippen LogP contribution in [0.4, 0.5) is 0 Å². The van der Waals surface area contributed by atoms with Crippen LogP contribution in [0.15, 0.2) is 5.38 Å². The normalized spacial score (nSPS) is 20.8. The fourth-order valence-corrected chi connectivity index (χ4v) is 5.48. The summed E-state index contributed by atoms with van der Waals surface area (Å²) in [5.41, 5.74) is 1.11. The second kappa shape index (κ2) is 8.41. The highest BCUT2D eigenvalue weighted by molar-refractivity contribution is 7.91. The van der Waals surface area contributed by atoms with Gasteiger partial charge in [0.2, 0.25) is 0 Å². The van der Waals surface area contributed by atoms with Crippen LogP contribution in [0.2, 0.25) is 0 Å². The summed E-state index contributed by atoms with van der Waals surface area (Å²) < 4.78 is 23.5. The lowest BCUT2D eigenvalue weighted by Gasteiger charge is -2.27. The van der Waals surface area contributed by atoms with Crippen molar-refractivity contribution >= 4 is 21.2 Å². The number of rotatable bonds is 9. The van der Waals surface area contributed by atoms with E-state index in [2.05, 4.69) is 24.1 Å². The Hall–Kier alpha value is -0.460. The highest BCUT2D eigenvalue weighted by Gasteiger charge is 2.32. The molecule has 0 aliphatic carbocycles. The molecule has 0 radical (unpaired) electrons. The highest BCUT2D eigenvalue weighted by atomic mass is 32.2. The summed E-state index contributed by atoms with van der Waals surface area (Å²) in [4.78, 5) is 7.07. The SMILES string of the molecule is CCCCc1nc(CN(CCCC)[C@H]2CCS(=O)(=O)C2)cs1. The number of unbranched alkanes of at least 4 members (excludes halogenated alkanes) is 2. The first kappa shape index (κ1) is 17.9. The van der Waals surface area contributed by atoms with Gasteiger partial charge in [0.05, 0.1) is 22.2 Å². The second-order valence-electron chi connectivity index (χ2n) is 6.22. The molecule has 6 heteroatoms. The Kier molecular flexibility index (Phi) is 6.84. The zero-order valence-electron chi connectivity index (χ0n) is 13.8. The van der Waals surface area contributed by atoms with E-state index >= 15 is 0 Å². The second-order valence-corrected chi connectivity index (χ2v) is 9.39. The van der Waals surface area contributed by atoms with Gasteiger partial charge in [-0.05, 0) is 32.2 Å². The van der Waals surface area contributed by atoms with Gasteiger partial charge in [-0.3, -0.25) is 4.90 Å². The molecule has 0 saturated carbocycles. The lowest BCUT2D eigenvalue weighted by molar-refractivity contribution is 0.198. The minimum absolute atomic E-state index is 0.178. The Morgan fingerprint density at radius 2 is 2.09 bits per heavy atom. The summed E-state index contributed by atoms with van der Waals surface area (Å²) in [7, 11) is -2.82. The van der Waals surface area contributed by atoms with E-state index in [4.69, 9.17) is 4.98 Å². The molecule has 0 unspecified atom stereocenters. The maximum Gasteiger partial charge on any atom is 0.151 e. The molecule has 0 aromatic carbocycles. The topological polar surface area (TPSA) is 50.3 Å². The zero-order chi connectivity index (χ0) is 16.0. The third-order valence-electron chi connectivity index (χ3n) is 4.23. The van der Waals surface area contributed by atoms with Crippen molar-refractivity contribution in [2.45, 2.75) is 65.0 Å². The number of aryl methyl sites for hydroxylation is 1. The molecule has 22 heavy (non-hydrogen) atoms. The molecule has 1 aliphatic heterocycles. The molecule has 0 amide bonds. The lowest BCUT2D eigenvalue weighted by Crippen LogP contribution is -2.36. The third-order valence-corrected chi connectivity index (χ3v) is 6.94. The van der Waals surface area contributed by atoms with Gasteiger partial charge in [-0.25, -0.2) is 13.4 Å². The predicted octanol–water partition coefficient (Wildman–Crippen LogP) is 3.27. The van der Waals surface area contributed by atoms with Gasteiger partial charge < -0.3 is 0 Å². The summed E-state index contributed by atoms with van der Waals surface area (Å²) in [6.07, 6.45) is 6.47. The zero-order valence-corrected chi connectivity index (χ0v) is 15.4. The van der Waals surface area contributed by atoms with Crippen molar-refractivity contribution in [3.63, 3.8) is 0 Å². The Labute approximate surface area is 138 Å². The molecule has 0 N–H and O–H groups in total. The van der Waals surface area contributed by atoms with Gasteiger partial charge in [-0.15, -0.1) is 11.3 Å². The minimum atomic E-state index is -2.82. The van der Waals surface area contributed by atoms with E-state index in [1.165, 1.54) is 17.8 Å². The fourth-order valence-electron chi connectivity index (χ4n) is 2.89. The molecule has 0 spiro atoms. The van der Waals surface area contributed by atoms with Crippen LogP contribution in [0.1, 0.15) is 56.7 Å². The molecule has 126 valence electrons. The predicted molar refractivity (Wildman–Crippen MR) is 93.1 cm³/mol. The van der Waals surface area contributed by atoms with Gasteiger partial charge in [0.1, 0.15) is 0 Å². The van der Waals surface area contributed by atoms with Crippen molar-refractivity contribution < 1.29 is 8.42 Å². The number of sulfone groups is 1. The number of hydrogen-bond acceptors (Lipinski definition) is 5. The first-order valence-electron chi connectivity index (χ1n) is 8.41. The van der Waals surface area contributed by atoms with E-state index in [0.717, 1.165) is 44.5 Å². The third kappa shape index (κ3) is 5.32. The lowest BCUT2D eigenvalue weighted by atomic mass is 10.2. The van der Waals surface area contributed by atoms with E-state index in [9.17, 15) is 8.42 Å². The van der Waals surface area contributed by atoms with E-state index in [-0.39, 0.29) is 6.04 Å². The summed E-state index contributed by atoms with van der Waals surface area (Å²) >= 11 is 1.74. The van der Waals surface area contributed by atoms with Crippen LogP contribution < -0.4 is 0 Å². The first-order valence-corrected chi connectivity index (χ1v) is 11.1. The van der Waals surface area contributed by atoms with Crippen molar-refractivity contribution in [3.05, 3.63) is 16.1 Å². The van der Waals surface area contributed by atoms with Crippen molar-refractivity contribution in [2.75, 3.05) is 18.1 Å². The summed E-state index contributed by atoms with van der Waals surface area (Å²) in [6, 6.07) is 0.178. The monoisotopic (exact) mass is 344 g/mol. The van der Waals surface area contributed by atoms with Crippen molar-refractivity contribution in [3.8, 4) is 0 Å². The molecular formula is C16H28N2O2S2. The van der Waals surface area contributed by atoms with Crippen LogP contribution in [0.5, 0.6) is 0 Å². The summed E-state index contributed by atoms with van der Waals surface area (Å²) in [5.74, 6) is 0.669. The van der Waals surface area contributed by atoms with E-state index in [1.807, 2.05) is 0 Å². The van der Waals surface area contributed by atoms with Crippen LogP contribution >= 0.6 is 11.3 Å². The number of hydrogen-bond donors (Lipinski definition) is 0. The molecule has 1 aliphatic rings. The molecule has 2 rings (SSSR count). The van der Waals surface area contributed by atoms with Crippen LogP contribution in [-0.4, -0.2) is 42.4 Å². The van der Waals surface area contributed by atoms with Gasteiger partial charge in [0.25, 0.3) is 0 Å². The largest absolute Gasteiger partial charge is 0.293 e. The summed E-state index contributed by atoms with van der Waals surface area (Å²) in [5, 5.41) is 3.36. The molecular weight excluding hydrogens is 316 g/mol. The fraction of sp³-hybridized carbons (Fsp3) is 0.812. The molecule has 1 atom stereocenters. The van der Waals surface area contributed by atoms with Gasteiger partial charge in [0.15, 0.2) is 9.84 Å². The molecule has 1 saturated heterocycles. The molecule has 1 fully saturated rings. The van der Waals surface area contributed by atoms with E-state index < -0.39 is 9.84 Å². The number of aromatic nitrogens is 1. The van der Waals surface area contributed by atoms with Gasteiger partial charge in [0, 0.05) is 18.0 Å². The Balaban J connectivity index is 1.98. The van der Waals surface area contributed by atoms with E-state index in [0.29, 0.717) is 11.5 Å². The van der Waals surface area contributed by atoms with Crippen LogP contribution in [-0.2, 0) is 22.8 Å². The number of thiazole rings is 1. The van der Waals surface area contributed by atoms with Gasteiger partial charge in [-0.2, -0.15) is 0 Å². The van der Waals surface area contributed by atoms with Crippen molar-refractivity contribution in [2.24, 2.45) is 0 Å².